The zero-order chi connectivity index (χ0) is 16.1. The van der Waals surface area contributed by atoms with E-state index >= 15 is 0 Å². The minimum Gasteiger partial charge on any atom is -0.460 e. The lowest BCUT2D eigenvalue weighted by atomic mass is 9.91. The zero-order valence-corrected chi connectivity index (χ0v) is 13.5. The molecule has 0 N–H and O–H groups in total. The number of hydrogen-bond acceptors (Lipinski definition) is 4. The number of furan rings is 2. The van der Waals surface area contributed by atoms with Crippen LogP contribution in [0.5, 0.6) is 0 Å². The van der Waals surface area contributed by atoms with E-state index in [4.69, 9.17) is 8.83 Å². The van der Waals surface area contributed by atoms with E-state index in [-0.39, 0.29) is 0 Å². The van der Waals surface area contributed by atoms with Crippen molar-refractivity contribution in [2.45, 2.75) is 25.8 Å². The average molecular weight is 309 g/mol. The molecule has 0 saturated heterocycles. The molecule has 0 amide bonds. The van der Waals surface area contributed by atoms with Gasteiger partial charge in [0.05, 0.1) is 0 Å². The Balaban J connectivity index is 1.90. The van der Waals surface area contributed by atoms with Crippen LogP contribution in [0.1, 0.15) is 47.7 Å². The van der Waals surface area contributed by atoms with Gasteiger partial charge < -0.3 is 8.83 Å². The molecule has 1 aliphatic heterocycles. The normalized spacial score (nSPS) is 21.5. The van der Waals surface area contributed by atoms with Gasteiger partial charge in [-0.1, -0.05) is 6.92 Å². The summed E-state index contributed by atoms with van der Waals surface area (Å²) in [7, 11) is 2.15. The van der Waals surface area contributed by atoms with Gasteiger partial charge in [-0.2, -0.15) is 0 Å². The molecule has 23 heavy (non-hydrogen) atoms. The Hall–Kier alpha value is -2.33. The Bertz CT molecular complexity index is 889. The van der Waals surface area contributed by atoms with Crippen molar-refractivity contribution in [1.82, 2.24) is 4.90 Å². The predicted molar refractivity (Wildman–Crippen MR) is 88.8 cm³/mol. The molecule has 3 heterocycles. The summed E-state index contributed by atoms with van der Waals surface area (Å²) in [6.45, 7) is 5.42. The third kappa shape index (κ3) is 2.13. The molecule has 118 valence electrons. The number of aldehydes is 1. The van der Waals surface area contributed by atoms with Gasteiger partial charge in [0.2, 0.25) is 0 Å². The summed E-state index contributed by atoms with van der Waals surface area (Å²) < 4.78 is 11.7. The molecule has 2 unspecified atom stereocenters. The number of carbonyl (C=O) groups is 1. The van der Waals surface area contributed by atoms with E-state index in [2.05, 4.69) is 31.9 Å². The van der Waals surface area contributed by atoms with Crippen LogP contribution in [0, 0.1) is 0 Å². The highest BCUT2D eigenvalue weighted by atomic mass is 16.3. The van der Waals surface area contributed by atoms with E-state index < -0.39 is 0 Å². The van der Waals surface area contributed by atoms with Crippen molar-refractivity contribution in [2.75, 3.05) is 13.6 Å². The molecule has 0 fully saturated rings. The van der Waals surface area contributed by atoms with Gasteiger partial charge in [-0.3, -0.25) is 9.69 Å². The zero-order valence-electron chi connectivity index (χ0n) is 13.5. The molecule has 3 aromatic rings. The molecule has 2 aromatic heterocycles. The van der Waals surface area contributed by atoms with Crippen LogP contribution < -0.4 is 0 Å². The second kappa shape index (κ2) is 5.10. The lowest BCUT2D eigenvalue weighted by molar-refractivity contribution is 0.110. The summed E-state index contributed by atoms with van der Waals surface area (Å²) in [5, 5.41) is 1.13. The molecule has 0 aliphatic carbocycles. The first kappa shape index (κ1) is 14.3. The highest BCUT2D eigenvalue weighted by Gasteiger charge is 2.31. The van der Waals surface area contributed by atoms with Crippen LogP contribution in [0.2, 0.25) is 0 Å². The van der Waals surface area contributed by atoms with Crippen molar-refractivity contribution >= 4 is 17.3 Å². The predicted octanol–water partition coefficient (Wildman–Crippen LogP) is 4.62. The molecule has 1 aromatic carbocycles. The van der Waals surface area contributed by atoms with Gasteiger partial charge in [-0.05, 0) is 44.3 Å². The summed E-state index contributed by atoms with van der Waals surface area (Å²) in [6, 6.07) is 9.91. The van der Waals surface area contributed by atoms with Gasteiger partial charge in [-0.25, -0.2) is 0 Å². The monoisotopic (exact) mass is 309 g/mol. The highest BCUT2D eigenvalue weighted by molar-refractivity contribution is 5.87. The summed E-state index contributed by atoms with van der Waals surface area (Å²) in [5.41, 5.74) is 3.14. The van der Waals surface area contributed by atoms with Gasteiger partial charge in [0, 0.05) is 35.0 Å². The van der Waals surface area contributed by atoms with Crippen LogP contribution in [-0.4, -0.2) is 24.8 Å². The second-order valence-corrected chi connectivity index (χ2v) is 6.43. The van der Waals surface area contributed by atoms with Crippen LogP contribution in [0.25, 0.3) is 22.3 Å². The number of likely N-dealkylation sites (N-methyl/N-ethyl adjacent to an activating group) is 1. The maximum Gasteiger partial charge on any atom is 0.185 e. The molecule has 1 aliphatic rings. The van der Waals surface area contributed by atoms with E-state index in [0.29, 0.717) is 23.5 Å². The van der Waals surface area contributed by atoms with Crippen LogP contribution in [0.4, 0.5) is 0 Å². The smallest absolute Gasteiger partial charge is 0.185 e. The standard InChI is InChI=1S/C19H19NO3/c1-11-9-20(3)12(2)18-15-8-13(4-6-17(15)23-19(11)18)16-7-5-14(10-21)22-16/h4-8,10-12H,9H2,1-3H3. The van der Waals surface area contributed by atoms with Crippen molar-refractivity contribution in [1.29, 1.82) is 0 Å². The molecule has 0 saturated carbocycles. The van der Waals surface area contributed by atoms with Crippen LogP contribution >= 0.6 is 0 Å². The number of fused-ring (bicyclic) bond motifs is 3. The molecule has 4 heteroatoms. The summed E-state index contributed by atoms with van der Waals surface area (Å²) >= 11 is 0. The minimum absolute atomic E-state index is 0.319. The van der Waals surface area contributed by atoms with Crippen molar-refractivity contribution < 1.29 is 13.6 Å². The van der Waals surface area contributed by atoms with Gasteiger partial charge in [0.1, 0.15) is 17.1 Å². The lowest BCUT2D eigenvalue weighted by Gasteiger charge is -2.32. The maximum absolute atomic E-state index is 10.8. The van der Waals surface area contributed by atoms with Crippen LogP contribution in [-0.2, 0) is 0 Å². The molecule has 4 nitrogen and oxygen atoms in total. The topological polar surface area (TPSA) is 46.6 Å². The van der Waals surface area contributed by atoms with Crippen molar-refractivity contribution in [3.8, 4) is 11.3 Å². The first-order valence-electron chi connectivity index (χ1n) is 7.90. The van der Waals surface area contributed by atoms with E-state index in [1.54, 1.807) is 6.07 Å². The molecule has 4 rings (SSSR count). The highest BCUT2D eigenvalue weighted by Crippen LogP contribution is 2.42. The van der Waals surface area contributed by atoms with Gasteiger partial charge in [0.25, 0.3) is 0 Å². The lowest BCUT2D eigenvalue weighted by Crippen LogP contribution is -2.31. The summed E-state index contributed by atoms with van der Waals surface area (Å²) in [4.78, 5) is 13.2. The molecule has 0 radical (unpaired) electrons. The molecule has 0 bridgehead atoms. The van der Waals surface area contributed by atoms with Gasteiger partial charge >= 0.3 is 0 Å². The van der Waals surface area contributed by atoms with Crippen LogP contribution in [0.15, 0.2) is 39.2 Å². The quantitative estimate of drug-likeness (QED) is 0.648. The third-order valence-corrected chi connectivity index (χ3v) is 4.87. The Morgan fingerprint density at radius 1 is 1.17 bits per heavy atom. The number of benzene rings is 1. The fourth-order valence-corrected chi connectivity index (χ4v) is 3.55. The first-order chi connectivity index (χ1) is 11.1. The van der Waals surface area contributed by atoms with Crippen molar-refractivity contribution in [3.05, 3.63) is 47.4 Å². The van der Waals surface area contributed by atoms with E-state index in [1.807, 2.05) is 18.2 Å². The fourth-order valence-electron chi connectivity index (χ4n) is 3.55. The van der Waals surface area contributed by atoms with Crippen LogP contribution in [0.3, 0.4) is 0 Å². The SMILES string of the molecule is CC1CN(C)C(C)c2c1oc1ccc(-c3ccc(C=O)o3)cc21. The maximum atomic E-state index is 10.8. The van der Waals surface area contributed by atoms with E-state index in [9.17, 15) is 4.79 Å². The minimum atomic E-state index is 0.319. The van der Waals surface area contributed by atoms with E-state index in [0.717, 1.165) is 35.1 Å². The Labute approximate surface area is 134 Å². The van der Waals surface area contributed by atoms with Gasteiger partial charge in [0.15, 0.2) is 12.0 Å². The number of hydrogen-bond donors (Lipinski definition) is 0. The summed E-state index contributed by atoms with van der Waals surface area (Å²) in [5.74, 6) is 2.52. The Morgan fingerprint density at radius 3 is 2.74 bits per heavy atom. The number of carbonyl (C=O) groups excluding carboxylic acids is 1. The molecule has 2 atom stereocenters. The molecular weight excluding hydrogens is 290 g/mol. The average Bonchev–Trinajstić information content (AvgIpc) is 3.16. The summed E-state index contributed by atoms with van der Waals surface area (Å²) in [6.07, 6.45) is 0.723. The number of rotatable bonds is 2. The second-order valence-electron chi connectivity index (χ2n) is 6.43. The fraction of sp³-hybridized carbons (Fsp3) is 0.316. The van der Waals surface area contributed by atoms with Crippen molar-refractivity contribution in [3.63, 3.8) is 0 Å². The first-order valence-corrected chi connectivity index (χ1v) is 7.90. The third-order valence-electron chi connectivity index (χ3n) is 4.87. The Kier molecular flexibility index (Phi) is 3.16. The van der Waals surface area contributed by atoms with Crippen molar-refractivity contribution in [2.24, 2.45) is 0 Å². The molecular formula is C19H19NO3. The van der Waals surface area contributed by atoms with E-state index in [1.165, 1.54) is 5.56 Å². The van der Waals surface area contributed by atoms with Gasteiger partial charge in [-0.15, -0.1) is 0 Å². The Morgan fingerprint density at radius 2 is 2.00 bits per heavy atom. The molecule has 0 spiro atoms. The number of nitrogens with zero attached hydrogens (tertiary/aromatic N) is 1. The largest absolute Gasteiger partial charge is 0.460 e.